The van der Waals surface area contributed by atoms with Crippen molar-refractivity contribution in [3.8, 4) is 0 Å². The van der Waals surface area contributed by atoms with Gasteiger partial charge < -0.3 is 9.42 Å². The lowest BCUT2D eigenvalue weighted by Gasteiger charge is -2.29. The van der Waals surface area contributed by atoms with Crippen molar-refractivity contribution in [2.24, 2.45) is 17.8 Å². The number of nitrogens with zero attached hydrogens (tertiary/aromatic N) is 3. The molecule has 3 aliphatic rings. The van der Waals surface area contributed by atoms with Crippen molar-refractivity contribution >= 4 is 5.91 Å². The van der Waals surface area contributed by atoms with Crippen LogP contribution >= 0.6 is 0 Å². The number of carbonyl (C=O) groups is 1. The summed E-state index contributed by atoms with van der Waals surface area (Å²) in [5.41, 5.74) is 0. The van der Waals surface area contributed by atoms with Gasteiger partial charge in [-0.3, -0.25) is 4.79 Å². The third-order valence-electron chi connectivity index (χ3n) is 5.33. The maximum absolute atomic E-state index is 12.5. The molecule has 20 heavy (non-hydrogen) atoms. The number of hydrogen-bond donors (Lipinski definition) is 0. The zero-order chi connectivity index (χ0) is 13.9. The molecule has 1 heterocycles. The summed E-state index contributed by atoms with van der Waals surface area (Å²) < 4.78 is 5.53. The molecule has 5 heteroatoms. The Kier molecular flexibility index (Phi) is 2.66. The Hall–Kier alpha value is -1.39. The number of aromatic nitrogens is 2. The molecule has 3 saturated carbocycles. The number of fused-ring (bicyclic) bond motifs is 2. The fourth-order valence-corrected chi connectivity index (χ4v) is 4.19. The van der Waals surface area contributed by atoms with Gasteiger partial charge in [-0.25, -0.2) is 0 Å². The molecule has 1 aromatic rings. The van der Waals surface area contributed by atoms with E-state index in [0.717, 1.165) is 18.1 Å². The van der Waals surface area contributed by atoms with Crippen molar-refractivity contribution in [2.45, 2.75) is 43.9 Å². The second-order valence-electron chi connectivity index (χ2n) is 6.88. The Morgan fingerprint density at radius 2 is 1.95 bits per heavy atom. The van der Waals surface area contributed by atoms with Gasteiger partial charge in [-0.2, -0.15) is 4.98 Å². The van der Waals surface area contributed by atoms with Gasteiger partial charge in [0.1, 0.15) is 0 Å². The summed E-state index contributed by atoms with van der Waals surface area (Å²) in [4.78, 5) is 18.8. The van der Waals surface area contributed by atoms with Gasteiger partial charge in [-0.05, 0) is 43.9 Å². The Labute approximate surface area is 118 Å². The van der Waals surface area contributed by atoms with Gasteiger partial charge >= 0.3 is 0 Å². The van der Waals surface area contributed by atoms with Crippen molar-refractivity contribution in [2.75, 3.05) is 14.1 Å². The first kappa shape index (κ1) is 12.4. The zero-order valence-corrected chi connectivity index (χ0v) is 12.1. The molecule has 3 fully saturated rings. The number of hydrogen-bond acceptors (Lipinski definition) is 4. The van der Waals surface area contributed by atoms with Crippen LogP contribution in [-0.4, -0.2) is 35.0 Å². The van der Waals surface area contributed by atoms with Crippen LogP contribution in [0.4, 0.5) is 0 Å². The molecule has 1 aromatic heterocycles. The SMILES string of the molecule is CN(C)C(=O)[C@H]1[C@H]2CC[C@H](C2)[C@@H]1c1nc(C2CC2)no1. The number of carbonyl (C=O) groups excluding carboxylic acids is 1. The molecule has 108 valence electrons. The van der Waals surface area contributed by atoms with E-state index in [1.165, 1.54) is 25.7 Å². The van der Waals surface area contributed by atoms with Crippen LogP contribution in [0.15, 0.2) is 4.52 Å². The molecule has 5 nitrogen and oxygen atoms in total. The van der Waals surface area contributed by atoms with Crippen LogP contribution in [0, 0.1) is 17.8 Å². The van der Waals surface area contributed by atoms with Gasteiger partial charge in [-0.1, -0.05) is 5.16 Å². The molecule has 0 saturated heterocycles. The lowest BCUT2D eigenvalue weighted by atomic mass is 9.78. The monoisotopic (exact) mass is 275 g/mol. The summed E-state index contributed by atoms with van der Waals surface area (Å²) in [6.45, 7) is 0. The minimum atomic E-state index is 0.0521. The lowest BCUT2D eigenvalue weighted by molar-refractivity contribution is -0.135. The Bertz CT molecular complexity index is 535. The van der Waals surface area contributed by atoms with Crippen molar-refractivity contribution in [1.29, 1.82) is 0 Å². The highest BCUT2D eigenvalue weighted by molar-refractivity contribution is 5.80. The van der Waals surface area contributed by atoms with E-state index in [0.29, 0.717) is 17.8 Å². The van der Waals surface area contributed by atoms with E-state index in [9.17, 15) is 4.79 Å². The van der Waals surface area contributed by atoms with Crippen LogP contribution in [0.1, 0.15) is 55.7 Å². The highest BCUT2D eigenvalue weighted by Gasteiger charge is 2.54. The lowest BCUT2D eigenvalue weighted by Crippen LogP contribution is -2.36. The van der Waals surface area contributed by atoms with Crippen LogP contribution in [0.25, 0.3) is 0 Å². The zero-order valence-electron chi connectivity index (χ0n) is 12.1. The fraction of sp³-hybridized carbons (Fsp3) is 0.800. The predicted octanol–water partition coefficient (Wildman–Crippen LogP) is 2.16. The molecule has 0 aliphatic heterocycles. The van der Waals surface area contributed by atoms with Crippen LogP contribution in [-0.2, 0) is 4.79 Å². The first-order chi connectivity index (χ1) is 9.65. The summed E-state index contributed by atoms with van der Waals surface area (Å²) in [7, 11) is 3.68. The summed E-state index contributed by atoms with van der Waals surface area (Å²) in [6.07, 6.45) is 5.88. The Morgan fingerprint density at radius 3 is 2.65 bits per heavy atom. The second-order valence-corrected chi connectivity index (χ2v) is 6.88. The molecule has 0 spiro atoms. The van der Waals surface area contributed by atoms with Crippen molar-refractivity contribution < 1.29 is 9.32 Å². The van der Waals surface area contributed by atoms with Crippen molar-refractivity contribution in [1.82, 2.24) is 15.0 Å². The highest BCUT2D eigenvalue weighted by atomic mass is 16.5. The van der Waals surface area contributed by atoms with E-state index in [4.69, 9.17) is 4.52 Å². The van der Waals surface area contributed by atoms with E-state index < -0.39 is 0 Å². The molecule has 4 rings (SSSR count). The summed E-state index contributed by atoms with van der Waals surface area (Å²) >= 11 is 0. The second kappa shape index (κ2) is 4.30. The van der Waals surface area contributed by atoms with E-state index in [1.54, 1.807) is 4.90 Å². The number of rotatable bonds is 3. The molecule has 0 N–H and O–H groups in total. The highest BCUT2D eigenvalue weighted by Crippen LogP contribution is 2.57. The maximum atomic E-state index is 12.5. The normalized spacial score (nSPS) is 35.5. The molecule has 1 amide bonds. The molecule has 0 aromatic carbocycles. The average Bonchev–Trinajstić information content (AvgIpc) is 2.90. The standard InChI is InChI=1S/C15H21N3O2/c1-18(2)15(19)12-10-6-5-9(7-10)11(12)14-16-13(17-20-14)8-3-4-8/h8-12H,3-7H2,1-2H3/t9-,10+,11+,12+/m1/s1. The minimum absolute atomic E-state index is 0.0521. The van der Waals surface area contributed by atoms with Crippen LogP contribution < -0.4 is 0 Å². The van der Waals surface area contributed by atoms with Crippen molar-refractivity contribution in [3.63, 3.8) is 0 Å². The molecule has 4 atom stereocenters. The summed E-state index contributed by atoms with van der Waals surface area (Å²) in [5.74, 6) is 3.60. The molecular formula is C15H21N3O2. The first-order valence-corrected chi connectivity index (χ1v) is 7.70. The molecular weight excluding hydrogens is 254 g/mol. The van der Waals surface area contributed by atoms with Gasteiger partial charge in [0.2, 0.25) is 11.8 Å². The molecule has 2 bridgehead atoms. The predicted molar refractivity (Wildman–Crippen MR) is 72.0 cm³/mol. The van der Waals surface area contributed by atoms with E-state index in [-0.39, 0.29) is 17.7 Å². The van der Waals surface area contributed by atoms with Gasteiger partial charge in [-0.15, -0.1) is 0 Å². The van der Waals surface area contributed by atoms with E-state index >= 15 is 0 Å². The van der Waals surface area contributed by atoms with Gasteiger partial charge in [0.15, 0.2) is 5.82 Å². The van der Waals surface area contributed by atoms with Gasteiger partial charge in [0, 0.05) is 20.0 Å². The molecule has 0 unspecified atom stereocenters. The quantitative estimate of drug-likeness (QED) is 0.848. The summed E-state index contributed by atoms with van der Waals surface area (Å²) in [6, 6.07) is 0. The molecule has 3 aliphatic carbocycles. The van der Waals surface area contributed by atoms with E-state index in [2.05, 4.69) is 10.1 Å². The van der Waals surface area contributed by atoms with Crippen molar-refractivity contribution in [3.05, 3.63) is 11.7 Å². The largest absolute Gasteiger partial charge is 0.349 e. The average molecular weight is 275 g/mol. The summed E-state index contributed by atoms with van der Waals surface area (Å²) in [5, 5.41) is 4.13. The number of amides is 1. The van der Waals surface area contributed by atoms with Crippen LogP contribution in [0.5, 0.6) is 0 Å². The fourth-order valence-electron chi connectivity index (χ4n) is 4.19. The van der Waals surface area contributed by atoms with Crippen LogP contribution in [0.2, 0.25) is 0 Å². The topological polar surface area (TPSA) is 59.2 Å². The van der Waals surface area contributed by atoms with E-state index in [1.807, 2.05) is 14.1 Å². The smallest absolute Gasteiger partial charge is 0.230 e. The third-order valence-corrected chi connectivity index (χ3v) is 5.33. The van der Waals surface area contributed by atoms with Gasteiger partial charge in [0.05, 0.1) is 11.8 Å². The third kappa shape index (κ3) is 1.79. The Balaban J connectivity index is 1.64. The maximum Gasteiger partial charge on any atom is 0.230 e. The van der Waals surface area contributed by atoms with Gasteiger partial charge in [0.25, 0.3) is 0 Å². The molecule has 0 radical (unpaired) electrons. The first-order valence-electron chi connectivity index (χ1n) is 7.70. The van der Waals surface area contributed by atoms with Crippen LogP contribution in [0.3, 0.4) is 0 Å². The Morgan fingerprint density at radius 1 is 1.20 bits per heavy atom. The minimum Gasteiger partial charge on any atom is -0.349 e.